The van der Waals surface area contributed by atoms with E-state index in [1.807, 2.05) is 4.68 Å². The van der Waals surface area contributed by atoms with Gasteiger partial charge in [0.1, 0.15) is 6.23 Å². The number of hydrogen-bond acceptors (Lipinski definition) is 5. The molecule has 0 aliphatic carbocycles. The van der Waals surface area contributed by atoms with Gasteiger partial charge in [0.15, 0.2) is 5.12 Å². The Kier molecular flexibility index (Phi) is 8.32. The molecule has 5 nitrogen and oxygen atoms in total. The van der Waals surface area contributed by atoms with Gasteiger partial charge in [0, 0.05) is 19.3 Å². The van der Waals surface area contributed by atoms with Crippen LogP contribution in [0.2, 0.25) is 5.04 Å². The van der Waals surface area contributed by atoms with Crippen LogP contribution in [0, 0.1) is 0 Å². The Morgan fingerprint density at radius 1 is 1.09 bits per heavy atom. The highest BCUT2D eigenvalue weighted by Crippen LogP contribution is 2.37. The normalized spacial score (nSPS) is 16.9. The minimum Gasteiger partial charge on any atom is -0.401 e. The molecule has 35 heavy (non-hydrogen) atoms. The average molecular weight is 509 g/mol. The fourth-order valence-electron chi connectivity index (χ4n) is 4.95. The van der Waals surface area contributed by atoms with Crippen LogP contribution in [-0.2, 0) is 26.3 Å². The van der Waals surface area contributed by atoms with Crippen molar-refractivity contribution in [3.63, 3.8) is 0 Å². The first-order valence-electron chi connectivity index (χ1n) is 12.4. The fourth-order valence-corrected chi connectivity index (χ4v) is 10.0. The second-order valence-electron chi connectivity index (χ2n) is 10.1. The summed E-state index contributed by atoms with van der Waals surface area (Å²) in [4.78, 5) is 11.7. The largest absolute Gasteiger partial charge is 0.401 e. The molecule has 1 aromatic heterocycles. The SMILES string of the molecule is CC(=O)SCc1cc(CO[Si](c2ccccc2)(c2ccccc2)C(C)(C)C)nn1C1CCCCO1. The molecule has 1 aliphatic rings. The van der Waals surface area contributed by atoms with Crippen LogP contribution < -0.4 is 10.4 Å². The van der Waals surface area contributed by atoms with Crippen LogP contribution >= 0.6 is 11.8 Å². The summed E-state index contributed by atoms with van der Waals surface area (Å²) in [6, 6.07) is 23.4. The molecule has 1 unspecified atom stereocenters. The van der Waals surface area contributed by atoms with Gasteiger partial charge < -0.3 is 9.16 Å². The van der Waals surface area contributed by atoms with Crippen molar-refractivity contribution >= 4 is 35.6 Å². The number of benzene rings is 2. The Morgan fingerprint density at radius 3 is 2.23 bits per heavy atom. The molecule has 7 heteroatoms. The molecule has 1 atom stereocenters. The summed E-state index contributed by atoms with van der Waals surface area (Å²) in [6.45, 7) is 9.60. The number of aromatic nitrogens is 2. The van der Waals surface area contributed by atoms with E-state index in [4.69, 9.17) is 14.3 Å². The Balaban J connectivity index is 1.70. The summed E-state index contributed by atoms with van der Waals surface area (Å²) in [6.07, 6.45) is 3.07. The van der Waals surface area contributed by atoms with Crippen LogP contribution in [0.15, 0.2) is 66.7 Å². The molecule has 4 rings (SSSR count). The zero-order chi connectivity index (χ0) is 24.9. The number of hydrogen-bond donors (Lipinski definition) is 0. The van der Waals surface area contributed by atoms with E-state index in [0.29, 0.717) is 12.4 Å². The Labute approximate surface area is 214 Å². The van der Waals surface area contributed by atoms with Gasteiger partial charge in [-0.15, -0.1) is 0 Å². The molecular weight excluding hydrogens is 472 g/mol. The second-order valence-corrected chi connectivity index (χ2v) is 15.6. The third kappa shape index (κ3) is 5.80. The summed E-state index contributed by atoms with van der Waals surface area (Å²) in [5, 5.41) is 7.46. The molecule has 0 amide bonds. The molecule has 3 aromatic rings. The van der Waals surface area contributed by atoms with Crippen molar-refractivity contribution in [2.24, 2.45) is 0 Å². The molecule has 1 saturated heterocycles. The Hall–Kier alpha value is -2.19. The predicted octanol–water partition coefficient (Wildman–Crippen LogP) is 5.44. The summed E-state index contributed by atoms with van der Waals surface area (Å²) in [5.74, 6) is 0.585. The van der Waals surface area contributed by atoms with Gasteiger partial charge in [-0.3, -0.25) is 4.79 Å². The van der Waals surface area contributed by atoms with Gasteiger partial charge in [0.2, 0.25) is 0 Å². The average Bonchev–Trinajstić information content (AvgIpc) is 3.27. The molecule has 0 saturated carbocycles. The summed E-state index contributed by atoms with van der Waals surface area (Å²) in [5.41, 5.74) is 1.89. The zero-order valence-corrected chi connectivity index (χ0v) is 23.0. The van der Waals surface area contributed by atoms with Crippen molar-refractivity contribution in [1.29, 1.82) is 0 Å². The molecule has 1 fully saturated rings. The van der Waals surface area contributed by atoms with Crippen molar-refractivity contribution in [1.82, 2.24) is 9.78 Å². The zero-order valence-electron chi connectivity index (χ0n) is 21.2. The maximum absolute atomic E-state index is 11.7. The lowest BCUT2D eigenvalue weighted by atomic mass is 10.2. The number of carbonyl (C=O) groups is 1. The highest BCUT2D eigenvalue weighted by atomic mass is 32.2. The monoisotopic (exact) mass is 508 g/mol. The number of ether oxygens (including phenoxy) is 1. The Bertz CT molecular complexity index is 1070. The molecular formula is C28H36N2O3SSi. The van der Waals surface area contributed by atoms with Crippen LogP contribution in [0.25, 0.3) is 0 Å². The lowest BCUT2D eigenvalue weighted by Crippen LogP contribution is -2.66. The number of thioether (sulfide) groups is 1. The maximum Gasteiger partial charge on any atom is 0.261 e. The lowest BCUT2D eigenvalue weighted by Gasteiger charge is -2.42. The van der Waals surface area contributed by atoms with Crippen LogP contribution in [0.3, 0.4) is 0 Å². The summed E-state index contributed by atoms with van der Waals surface area (Å²) < 4.78 is 15.1. The van der Waals surface area contributed by atoms with Gasteiger partial charge >= 0.3 is 0 Å². The highest BCUT2D eigenvalue weighted by Gasteiger charge is 2.50. The third-order valence-electron chi connectivity index (χ3n) is 6.57. The fraction of sp³-hybridized carbons (Fsp3) is 0.429. The predicted molar refractivity (Wildman–Crippen MR) is 145 cm³/mol. The second kappa shape index (κ2) is 11.2. The van der Waals surface area contributed by atoms with Crippen LogP contribution in [0.1, 0.15) is 64.6 Å². The van der Waals surface area contributed by atoms with Gasteiger partial charge in [0.05, 0.1) is 18.0 Å². The van der Waals surface area contributed by atoms with Gasteiger partial charge in [-0.2, -0.15) is 5.10 Å². The van der Waals surface area contributed by atoms with Crippen molar-refractivity contribution in [3.05, 3.63) is 78.1 Å². The van der Waals surface area contributed by atoms with Crippen LogP contribution in [0.4, 0.5) is 0 Å². The van der Waals surface area contributed by atoms with E-state index in [-0.39, 0.29) is 16.4 Å². The number of rotatable bonds is 8. The summed E-state index contributed by atoms with van der Waals surface area (Å²) in [7, 11) is -2.66. The third-order valence-corrected chi connectivity index (χ3v) is 12.4. The maximum atomic E-state index is 11.7. The van der Waals surface area contributed by atoms with Crippen LogP contribution in [-0.4, -0.2) is 29.8 Å². The number of carbonyl (C=O) groups excluding carboxylic acids is 1. The quantitative estimate of drug-likeness (QED) is 0.379. The minimum atomic E-state index is -2.66. The Morgan fingerprint density at radius 2 is 1.71 bits per heavy atom. The van der Waals surface area contributed by atoms with Crippen LogP contribution in [0.5, 0.6) is 0 Å². The van der Waals surface area contributed by atoms with Gasteiger partial charge in [0.25, 0.3) is 8.32 Å². The van der Waals surface area contributed by atoms with E-state index in [9.17, 15) is 4.79 Å². The van der Waals surface area contributed by atoms with Crippen molar-refractivity contribution in [2.75, 3.05) is 6.61 Å². The van der Waals surface area contributed by atoms with Crippen molar-refractivity contribution in [2.45, 2.75) is 70.6 Å². The van der Waals surface area contributed by atoms with E-state index < -0.39 is 8.32 Å². The van der Waals surface area contributed by atoms with Crippen molar-refractivity contribution < 1.29 is 14.0 Å². The number of nitrogens with zero attached hydrogens (tertiary/aromatic N) is 2. The molecule has 1 aliphatic heterocycles. The highest BCUT2D eigenvalue weighted by molar-refractivity contribution is 8.12. The van der Waals surface area contributed by atoms with E-state index in [1.165, 1.54) is 22.1 Å². The van der Waals surface area contributed by atoms with Gasteiger partial charge in [-0.1, -0.05) is 93.2 Å². The van der Waals surface area contributed by atoms with Gasteiger partial charge in [-0.25, -0.2) is 4.68 Å². The van der Waals surface area contributed by atoms with E-state index in [0.717, 1.165) is 37.3 Å². The first-order valence-corrected chi connectivity index (χ1v) is 15.3. The summed E-state index contributed by atoms with van der Waals surface area (Å²) >= 11 is 1.31. The molecule has 2 heterocycles. The minimum absolute atomic E-state index is 0.0760. The molecule has 0 spiro atoms. The smallest absolute Gasteiger partial charge is 0.261 e. The molecule has 0 bridgehead atoms. The standard InChI is InChI=1S/C28H36N2O3SSi/c1-22(31)34-21-24-19-23(29-30(24)27-17-11-12-18-32-27)20-33-35(28(2,3)4,25-13-7-5-8-14-25)26-15-9-6-10-16-26/h5-10,13-16,19,27H,11-12,17-18,20-21H2,1-4H3. The molecule has 0 N–H and O–H groups in total. The first kappa shape index (κ1) is 25.9. The lowest BCUT2D eigenvalue weighted by molar-refractivity contribution is -0.109. The van der Waals surface area contributed by atoms with Crippen molar-refractivity contribution in [3.8, 4) is 0 Å². The van der Waals surface area contributed by atoms with E-state index in [1.54, 1.807) is 6.92 Å². The topological polar surface area (TPSA) is 53.3 Å². The molecule has 186 valence electrons. The molecule has 2 aromatic carbocycles. The first-order chi connectivity index (χ1) is 16.8. The molecule has 0 radical (unpaired) electrons. The van der Waals surface area contributed by atoms with E-state index >= 15 is 0 Å². The van der Waals surface area contributed by atoms with Gasteiger partial charge in [-0.05, 0) is 40.7 Å². The van der Waals surface area contributed by atoms with E-state index in [2.05, 4.69) is 87.5 Å².